The molecule has 1 aliphatic rings. The van der Waals surface area contributed by atoms with E-state index in [1.165, 1.54) is 69.9 Å². The van der Waals surface area contributed by atoms with Gasteiger partial charge in [-0.25, -0.2) is 5.48 Å². The lowest BCUT2D eigenvalue weighted by atomic mass is 9.90. The lowest BCUT2D eigenvalue weighted by Crippen LogP contribution is -2.34. The molecule has 0 unspecified atom stereocenters. The average Bonchev–Trinajstić information content (AvgIpc) is 2.49. The summed E-state index contributed by atoms with van der Waals surface area (Å²) in [6.07, 6.45) is 6.76. The largest absolute Gasteiger partial charge is 0.317 e. The van der Waals surface area contributed by atoms with Gasteiger partial charge >= 0.3 is 0 Å². The second-order valence-corrected chi connectivity index (χ2v) is 6.03. The van der Waals surface area contributed by atoms with Gasteiger partial charge in [0.2, 0.25) is 0 Å². The fraction of sp³-hybridized carbons (Fsp3) is 0.667. The third kappa shape index (κ3) is 7.60. The van der Waals surface area contributed by atoms with Gasteiger partial charge in [0, 0.05) is 7.05 Å². The summed E-state index contributed by atoms with van der Waals surface area (Å²) in [6.45, 7) is 8.39. The minimum absolute atomic E-state index is 0.958. The minimum atomic E-state index is 0.958. The zero-order valence-corrected chi connectivity index (χ0v) is 13.9. The maximum atomic E-state index is 7.32. The molecule has 0 aliphatic carbocycles. The zero-order valence-electron chi connectivity index (χ0n) is 13.9. The Kier molecular flexibility index (Phi) is 9.31. The van der Waals surface area contributed by atoms with E-state index in [-0.39, 0.29) is 0 Å². The van der Waals surface area contributed by atoms with E-state index in [9.17, 15) is 0 Å². The topological polar surface area (TPSA) is 35.5 Å². The van der Waals surface area contributed by atoms with Crippen molar-refractivity contribution in [1.29, 1.82) is 0 Å². The van der Waals surface area contributed by atoms with Gasteiger partial charge in [0.1, 0.15) is 0 Å². The summed E-state index contributed by atoms with van der Waals surface area (Å²) in [5.41, 5.74) is 4.63. The number of hydrogen-bond donors (Lipinski definition) is 2. The van der Waals surface area contributed by atoms with Crippen LogP contribution in [0.2, 0.25) is 0 Å². The summed E-state index contributed by atoms with van der Waals surface area (Å²) in [7, 11) is 1.43. The van der Waals surface area contributed by atoms with Crippen molar-refractivity contribution >= 4 is 0 Å². The molecule has 2 N–H and O–H groups in total. The van der Waals surface area contributed by atoms with Crippen LogP contribution in [0.3, 0.4) is 0 Å². The molecule has 120 valence electrons. The molecule has 1 aliphatic heterocycles. The molecule has 0 saturated carbocycles. The van der Waals surface area contributed by atoms with Crippen molar-refractivity contribution in [2.45, 2.75) is 46.0 Å². The Morgan fingerprint density at radius 2 is 1.76 bits per heavy atom. The van der Waals surface area contributed by atoms with Crippen LogP contribution in [-0.4, -0.2) is 36.8 Å². The van der Waals surface area contributed by atoms with Crippen LogP contribution >= 0.6 is 0 Å². The molecule has 2 rings (SSSR count). The molecule has 0 atom stereocenters. The van der Waals surface area contributed by atoms with Gasteiger partial charge in [-0.3, -0.25) is 0 Å². The fourth-order valence-electron chi connectivity index (χ4n) is 2.94. The van der Waals surface area contributed by atoms with E-state index in [4.69, 9.17) is 5.21 Å². The Balaban J connectivity index is 0.000000677. The van der Waals surface area contributed by atoms with Crippen LogP contribution in [0.25, 0.3) is 0 Å². The van der Waals surface area contributed by atoms with Gasteiger partial charge in [-0.1, -0.05) is 36.8 Å². The van der Waals surface area contributed by atoms with Crippen molar-refractivity contribution in [1.82, 2.24) is 10.4 Å². The van der Waals surface area contributed by atoms with Gasteiger partial charge in [-0.05, 0) is 70.1 Å². The van der Waals surface area contributed by atoms with Crippen molar-refractivity contribution in [2.75, 3.05) is 26.7 Å². The second-order valence-electron chi connectivity index (χ2n) is 6.03. The zero-order chi connectivity index (χ0) is 15.5. The summed E-state index contributed by atoms with van der Waals surface area (Å²) in [6, 6.07) is 9.06. The molecule has 3 heteroatoms. The Bertz CT molecular complexity index is 356. The third-order valence-electron chi connectivity index (χ3n) is 4.21. The predicted molar refractivity (Wildman–Crippen MR) is 89.8 cm³/mol. The number of nitrogens with zero attached hydrogens (tertiary/aromatic N) is 1. The Morgan fingerprint density at radius 3 is 2.29 bits per heavy atom. The molecule has 0 spiro atoms. The number of likely N-dealkylation sites (tertiary alicyclic amines) is 1. The molecular weight excluding hydrogens is 260 g/mol. The maximum absolute atomic E-state index is 7.32. The third-order valence-corrected chi connectivity index (χ3v) is 4.21. The van der Waals surface area contributed by atoms with E-state index >= 15 is 0 Å². The molecular formula is C18H32N2O. The second kappa shape index (κ2) is 10.8. The van der Waals surface area contributed by atoms with Gasteiger partial charge in [0.15, 0.2) is 0 Å². The molecule has 1 aromatic rings. The van der Waals surface area contributed by atoms with Crippen molar-refractivity contribution in [3.63, 3.8) is 0 Å². The van der Waals surface area contributed by atoms with Crippen molar-refractivity contribution in [2.24, 2.45) is 5.92 Å². The first-order chi connectivity index (χ1) is 10.2. The van der Waals surface area contributed by atoms with E-state index in [1.807, 2.05) is 0 Å². The van der Waals surface area contributed by atoms with Crippen LogP contribution in [0, 0.1) is 12.8 Å². The quantitative estimate of drug-likeness (QED) is 0.813. The molecule has 0 bridgehead atoms. The van der Waals surface area contributed by atoms with Crippen molar-refractivity contribution in [3.8, 4) is 0 Å². The van der Waals surface area contributed by atoms with E-state index in [0.717, 1.165) is 5.92 Å². The number of rotatable bonds is 5. The highest BCUT2D eigenvalue weighted by Gasteiger charge is 2.18. The SMILES string of the molecule is CCCN1CCC(CCc2ccc(C)cc2)CC1.CNO. The van der Waals surface area contributed by atoms with Crippen LogP contribution in [-0.2, 0) is 6.42 Å². The number of piperidine rings is 1. The van der Waals surface area contributed by atoms with E-state index in [0.29, 0.717) is 0 Å². The Morgan fingerprint density at radius 1 is 1.19 bits per heavy atom. The van der Waals surface area contributed by atoms with Gasteiger partial charge in [-0.15, -0.1) is 0 Å². The Hall–Kier alpha value is -0.900. The van der Waals surface area contributed by atoms with Crippen molar-refractivity contribution in [3.05, 3.63) is 35.4 Å². The first kappa shape index (κ1) is 18.1. The van der Waals surface area contributed by atoms with E-state index in [1.54, 1.807) is 5.48 Å². The summed E-state index contributed by atoms with van der Waals surface area (Å²) >= 11 is 0. The normalized spacial score (nSPS) is 16.4. The number of aryl methyl sites for hydroxylation is 2. The van der Waals surface area contributed by atoms with Crippen LogP contribution < -0.4 is 5.48 Å². The van der Waals surface area contributed by atoms with Crippen molar-refractivity contribution < 1.29 is 5.21 Å². The maximum Gasteiger partial charge on any atom is 0.00929 e. The molecule has 1 heterocycles. The van der Waals surface area contributed by atoms with E-state index in [2.05, 4.69) is 43.0 Å². The van der Waals surface area contributed by atoms with Crippen LogP contribution in [0.15, 0.2) is 24.3 Å². The fourth-order valence-corrected chi connectivity index (χ4v) is 2.94. The highest BCUT2D eigenvalue weighted by Crippen LogP contribution is 2.22. The molecule has 0 radical (unpaired) electrons. The summed E-state index contributed by atoms with van der Waals surface area (Å²) in [5, 5.41) is 7.32. The molecule has 0 amide bonds. The standard InChI is InChI=1S/C17H27N.CH5NO/c1-3-12-18-13-10-17(11-14-18)9-8-16-6-4-15(2)5-7-16;1-2-3/h4-7,17H,3,8-14H2,1-2H3;2-3H,1H3. The highest BCUT2D eigenvalue weighted by atomic mass is 16.5. The van der Waals surface area contributed by atoms with Crippen LogP contribution in [0.4, 0.5) is 0 Å². The molecule has 0 aromatic heterocycles. The summed E-state index contributed by atoms with van der Waals surface area (Å²) < 4.78 is 0. The smallest absolute Gasteiger partial charge is 0.00929 e. The molecule has 3 nitrogen and oxygen atoms in total. The lowest BCUT2D eigenvalue weighted by molar-refractivity contribution is 0.179. The van der Waals surface area contributed by atoms with Gasteiger partial charge in [0.25, 0.3) is 0 Å². The first-order valence-corrected chi connectivity index (χ1v) is 8.28. The minimum Gasteiger partial charge on any atom is -0.317 e. The Labute approximate surface area is 130 Å². The average molecular weight is 292 g/mol. The van der Waals surface area contributed by atoms with E-state index < -0.39 is 0 Å². The molecule has 1 fully saturated rings. The number of hydrogen-bond acceptors (Lipinski definition) is 3. The molecule has 1 saturated heterocycles. The highest BCUT2D eigenvalue weighted by molar-refractivity contribution is 5.21. The lowest BCUT2D eigenvalue weighted by Gasteiger charge is -2.31. The first-order valence-electron chi connectivity index (χ1n) is 8.28. The predicted octanol–water partition coefficient (Wildman–Crippen LogP) is 3.64. The summed E-state index contributed by atoms with van der Waals surface area (Å²) in [5.74, 6) is 0.958. The number of benzene rings is 1. The summed E-state index contributed by atoms with van der Waals surface area (Å²) in [4.78, 5) is 2.63. The monoisotopic (exact) mass is 292 g/mol. The van der Waals surface area contributed by atoms with Gasteiger partial charge < -0.3 is 10.1 Å². The number of nitrogens with one attached hydrogen (secondary N) is 1. The van der Waals surface area contributed by atoms with Gasteiger partial charge in [0.05, 0.1) is 0 Å². The number of hydroxylamine groups is 1. The molecule has 21 heavy (non-hydrogen) atoms. The molecule has 1 aromatic carbocycles. The van der Waals surface area contributed by atoms with Crippen LogP contribution in [0.1, 0.15) is 43.7 Å². The van der Waals surface area contributed by atoms with Gasteiger partial charge in [-0.2, -0.15) is 0 Å². The van der Waals surface area contributed by atoms with Crippen LogP contribution in [0.5, 0.6) is 0 Å².